The zero-order valence-electron chi connectivity index (χ0n) is 9.05. The summed E-state index contributed by atoms with van der Waals surface area (Å²) in [6.07, 6.45) is 2.40. The van der Waals surface area contributed by atoms with Gasteiger partial charge in [0.25, 0.3) is 0 Å². The summed E-state index contributed by atoms with van der Waals surface area (Å²) in [5.74, 6) is 0. The first-order chi connectivity index (χ1) is 6.08. The predicted molar refractivity (Wildman–Crippen MR) is 53.4 cm³/mol. The van der Waals surface area contributed by atoms with E-state index in [1.807, 2.05) is 13.8 Å². The van der Waals surface area contributed by atoms with Crippen LogP contribution in [0.5, 0.6) is 0 Å². The molecule has 0 aromatic rings. The summed E-state index contributed by atoms with van der Waals surface area (Å²) < 4.78 is 5.54. The van der Waals surface area contributed by atoms with Crippen LogP contribution in [-0.4, -0.2) is 25.3 Å². The van der Waals surface area contributed by atoms with Gasteiger partial charge in [-0.05, 0) is 27.3 Å². The minimum Gasteiger partial charge on any atom is -0.375 e. The van der Waals surface area contributed by atoms with E-state index in [0.717, 1.165) is 12.8 Å². The lowest BCUT2D eigenvalue weighted by atomic mass is 10.1. The molecule has 0 aromatic carbocycles. The topological polar surface area (TPSA) is 45.0 Å². The Morgan fingerprint density at radius 1 is 1.62 bits per heavy atom. The highest BCUT2D eigenvalue weighted by Gasteiger charge is 2.22. The zero-order valence-corrected chi connectivity index (χ0v) is 9.05. The third-order valence-corrected chi connectivity index (χ3v) is 2.15. The Morgan fingerprint density at radius 3 is 2.62 bits per heavy atom. The maximum absolute atomic E-state index is 8.84. The maximum atomic E-state index is 8.84. The van der Waals surface area contributed by atoms with Crippen LogP contribution < -0.4 is 5.32 Å². The number of nitrogens with one attached hydrogen (secondary N) is 1. The van der Waals surface area contributed by atoms with Crippen molar-refractivity contribution >= 4 is 0 Å². The van der Waals surface area contributed by atoms with Crippen molar-refractivity contribution < 1.29 is 4.74 Å². The lowest BCUT2D eigenvalue weighted by Gasteiger charge is -2.23. The van der Waals surface area contributed by atoms with Crippen molar-refractivity contribution in [2.24, 2.45) is 0 Å². The summed E-state index contributed by atoms with van der Waals surface area (Å²) in [5.41, 5.74) is -0.554. The van der Waals surface area contributed by atoms with Crippen LogP contribution in [0.25, 0.3) is 0 Å². The average molecular weight is 184 g/mol. The molecule has 3 nitrogen and oxygen atoms in total. The maximum Gasteiger partial charge on any atom is 0.127 e. The molecule has 0 aliphatic rings. The van der Waals surface area contributed by atoms with Gasteiger partial charge in [-0.3, -0.25) is 0 Å². The normalized spacial score (nSPS) is 17.5. The Labute approximate surface area is 81.1 Å². The smallest absolute Gasteiger partial charge is 0.127 e. The van der Waals surface area contributed by atoms with E-state index in [0.29, 0.717) is 6.61 Å². The number of nitriles is 1. The molecular weight excluding hydrogens is 164 g/mol. The third-order valence-electron chi connectivity index (χ3n) is 2.15. The van der Waals surface area contributed by atoms with E-state index >= 15 is 0 Å². The van der Waals surface area contributed by atoms with Gasteiger partial charge in [-0.1, -0.05) is 13.3 Å². The van der Waals surface area contributed by atoms with Crippen LogP contribution in [0.15, 0.2) is 0 Å². The monoisotopic (exact) mass is 184 g/mol. The van der Waals surface area contributed by atoms with Crippen LogP contribution in [0.3, 0.4) is 0 Å². The molecule has 0 aliphatic heterocycles. The third kappa shape index (κ3) is 4.87. The number of hydrogen-bond acceptors (Lipinski definition) is 3. The minimum absolute atomic E-state index is 0.242. The Bertz CT molecular complexity index is 176. The lowest BCUT2D eigenvalue weighted by Crippen LogP contribution is -2.43. The summed E-state index contributed by atoms with van der Waals surface area (Å²) in [6, 6.07) is 2.19. The predicted octanol–water partition coefficient (Wildman–Crippen LogP) is 1.69. The van der Waals surface area contributed by atoms with Gasteiger partial charge in [-0.25, -0.2) is 0 Å². The molecule has 0 spiro atoms. The molecule has 13 heavy (non-hydrogen) atoms. The molecule has 2 atom stereocenters. The van der Waals surface area contributed by atoms with Gasteiger partial charge in [-0.15, -0.1) is 0 Å². The first-order valence-corrected chi connectivity index (χ1v) is 4.79. The minimum atomic E-state index is -0.554. The highest BCUT2D eigenvalue weighted by Crippen LogP contribution is 2.07. The summed E-state index contributed by atoms with van der Waals surface area (Å²) in [4.78, 5) is 0. The molecule has 0 fully saturated rings. The van der Waals surface area contributed by atoms with Crippen molar-refractivity contribution in [2.45, 2.75) is 45.3 Å². The molecule has 0 rings (SSSR count). The van der Waals surface area contributed by atoms with Crippen LogP contribution >= 0.6 is 0 Å². The molecule has 0 saturated heterocycles. The molecule has 2 unspecified atom stereocenters. The molecule has 0 saturated carbocycles. The van der Waals surface area contributed by atoms with Gasteiger partial charge in [0.2, 0.25) is 0 Å². The van der Waals surface area contributed by atoms with Crippen molar-refractivity contribution in [1.29, 1.82) is 5.26 Å². The van der Waals surface area contributed by atoms with Crippen molar-refractivity contribution in [3.05, 3.63) is 0 Å². The molecule has 0 amide bonds. The molecule has 1 N–H and O–H groups in total. The average Bonchev–Trinajstić information content (AvgIpc) is 2.15. The summed E-state index contributed by atoms with van der Waals surface area (Å²) in [5, 5.41) is 11.8. The van der Waals surface area contributed by atoms with Gasteiger partial charge >= 0.3 is 0 Å². The van der Waals surface area contributed by atoms with Gasteiger partial charge < -0.3 is 10.1 Å². The molecule has 3 heteroatoms. The molecule has 0 bridgehead atoms. The molecule has 0 aliphatic carbocycles. The van der Waals surface area contributed by atoms with Crippen molar-refractivity contribution in [2.75, 3.05) is 13.7 Å². The number of rotatable bonds is 6. The van der Waals surface area contributed by atoms with Crippen molar-refractivity contribution in [3.8, 4) is 6.07 Å². The largest absolute Gasteiger partial charge is 0.375 e. The number of ether oxygens (including phenoxy) is 1. The Morgan fingerprint density at radius 2 is 2.23 bits per heavy atom. The lowest BCUT2D eigenvalue weighted by molar-refractivity contribution is 0.0346. The van der Waals surface area contributed by atoms with Gasteiger partial charge in [-0.2, -0.15) is 5.26 Å². The van der Waals surface area contributed by atoms with E-state index in [2.05, 4.69) is 18.3 Å². The first kappa shape index (κ1) is 12.4. The van der Waals surface area contributed by atoms with E-state index in [1.165, 1.54) is 0 Å². The number of likely N-dealkylation sites (N-methyl/N-ethyl adjacent to an activating group) is 1. The van der Waals surface area contributed by atoms with E-state index in [1.54, 1.807) is 7.05 Å². The van der Waals surface area contributed by atoms with Crippen molar-refractivity contribution in [1.82, 2.24) is 5.32 Å². The quantitative estimate of drug-likeness (QED) is 0.683. The second-order valence-electron chi connectivity index (χ2n) is 3.60. The van der Waals surface area contributed by atoms with Gasteiger partial charge in [0.1, 0.15) is 5.54 Å². The first-order valence-electron chi connectivity index (χ1n) is 4.79. The molecular formula is C10H20N2O. The van der Waals surface area contributed by atoms with Gasteiger partial charge in [0.05, 0.1) is 18.8 Å². The molecule has 0 heterocycles. The zero-order chi connectivity index (χ0) is 10.3. The Balaban J connectivity index is 3.80. The molecule has 76 valence electrons. The highest BCUT2D eigenvalue weighted by molar-refractivity contribution is 5.03. The Kier molecular flexibility index (Phi) is 5.68. The second-order valence-corrected chi connectivity index (χ2v) is 3.60. The second kappa shape index (κ2) is 5.95. The SMILES string of the molecule is CCCC(C)OCC(C)(C#N)NC. The van der Waals surface area contributed by atoms with Crippen LogP contribution in [0.4, 0.5) is 0 Å². The van der Waals surface area contributed by atoms with Crippen LogP contribution in [-0.2, 0) is 4.74 Å². The van der Waals surface area contributed by atoms with E-state index < -0.39 is 5.54 Å². The fourth-order valence-corrected chi connectivity index (χ4v) is 0.959. The van der Waals surface area contributed by atoms with E-state index in [-0.39, 0.29) is 6.10 Å². The van der Waals surface area contributed by atoms with Crippen molar-refractivity contribution in [3.63, 3.8) is 0 Å². The Hall–Kier alpha value is -0.590. The summed E-state index contributed by atoms with van der Waals surface area (Å²) in [6.45, 7) is 6.45. The standard InChI is InChI=1S/C10H20N2O/c1-5-6-9(2)13-8-10(3,7-11)12-4/h9,12H,5-6,8H2,1-4H3. The van der Waals surface area contributed by atoms with E-state index in [9.17, 15) is 0 Å². The van der Waals surface area contributed by atoms with Crippen LogP contribution in [0.2, 0.25) is 0 Å². The fourth-order valence-electron chi connectivity index (χ4n) is 0.959. The molecule has 0 aromatic heterocycles. The van der Waals surface area contributed by atoms with Crippen LogP contribution in [0.1, 0.15) is 33.6 Å². The van der Waals surface area contributed by atoms with Gasteiger partial charge in [0, 0.05) is 0 Å². The summed E-state index contributed by atoms with van der Waals surface area (Å²) in [7, 11) is 1.77. The number of nitrogens with zero attached hydrogens (tertiary/aromatic N) is 1. The number of hydrogen-bond donors (Lipinski definition) is 1. The fraction of sp³-hybridized carbons (Fsp3) is 0.900. The van der Waals surface area contributed by atoms with Crippen LogP contribution in [0, 0.1) is 11.3 Å². The van der Waals surface area contributed by atoms with Gasteiger partial charge in [0.15, 0.2) is 0 Å². The van der Waals surface area contributed by atoms with E-state index in [4.69, 9.17) is 10.00 Å². The highest BCUT2D eigenvalue weighted by atomic mass is 16.5. The summed E-state index contributed by atoms with van der Waals surface area (Å²) >= 11 is 0. The molecule has 0 radical (unpaired) electrons.